The molecule has 0 radical (unpaired) electrons. The van der Waals surface area contributed by atoms with E-state index in [2.05, 4.69) is 20.8 Å². The van der Waals surface area contributed by atoms with Crippen LogP contribution >= 0.6 is 0 Å². The van der Waals surface area contributed by atoms with Gasteiger partial charge in [0, 0.05) is 0 Å². The van der Waals surface area contributed by atoms with Crippen LogP contribution in [0.3, 0.4) is 0 Å². The van der Waals surface area contributed by atoms with E-state index in [1.54, 1.807) is 0 Å². The van der Waals surface area contributed by atoms with Crippen molar-refractivity contribution in [1.29, 1.82) is 0 Å². The van der Waals surface area contributed by atoms with Crippen LogP contribution in [-0.4, -0.2) is 0 Å². The summed E-state index contributed by atoms with van der Waals surface area (Å²) in [6, 6.07) is 0. The number of hydrogen-bond acceptors (Lipinski definition) is 0. The van der Waals surface area contributed by atoms with Crippen molar-refractivity contribution < 1.29 is 0 Å². The average Bonchev–Trinajstić information content (AvgIpc) is 2.02. The fourth-order valence-corrected chi connectivity index (χ4v) is 4.03. The summed E-state index contributed by atoms with van der Waals surface area (Å²) in [6.45, 7) is 7.46. The Bertz CT molecular complexity index is 158. The van der Waals surface area contributed by atoms with Gasteiger partial charge in [0.15, 0.2) is 0 Å². The molecule has 0 aromatic heterocycles. The van der Waals surface area contributed by atoms with Crippen LogP contribution in [0, 0.1) is 23.2 Å². The van der Waals surface area contributed by atoms with Gasteiger partial charge in [-0.1, -0.05) is 33.6 Å². The van der Waals surface area contributed by atoms with E-state index in [-0.39, 0.29) is 0 Å². The van der Waals surface area contributed by atoms with Crippen LogP contribution in [0.15, 0.2) is 0 Å². The maximum absolute atomic E-state index is 2.57. The molecule has 0 amide bonds. The molecular formula is C13H24. The zero-order valence-corrected chi connectivity index (χ0v) is 9.47. The van der Waals surface area contributed by atoms with Gasteiger partial charge < -0.3 is 0 Å². The lowest BCUT2D eigenvalue weighted by Gasteiger charge is -2.54. The maximum atomic E-state index is 2.57. The molecule has 0 N–H and O–H groups in total. The lowest BCUT2D eigenvalue weighted by molar-refractivity contribution is -0.0418. The Balaban J connectivity index is 2.23. The van der Waals surface area contributed by atoms with Gasteiger partial charge in [0.05, 0.1) is 0 Å². The van der Waals surface area contributed by atoms with Gasteiger partial charge in [0.2, 0.25) is 0 Å². The van der Waals surface area contributed by atoms with Crippen LogP contribution in [0.4, 0.5) is 0 Å². The first-order valence-electron chi connectivity index (χ1n) is 6.15. The van der Waals surface area contributed by atoms with Crippen LogP contribution in [-0.2, 0) is 0 Å². The molecule has 0 aliphatic heterocycles. The van der Waals surface area contributed by atoms with Gasteiger partial charge in [-0.15, -0.1) is 0 Å². The average molecular weight is 180 g/mol. The summed E-state index contributed by atoms with van der Waals surface area (Å²) >= 11 is 0. The molecule has 0 heterocycles. The number of rotatable bonds is 1. The lowest BCUT2D eigenvalue weighted by atomic mass is 9.51. The predicted octanol–water partition coefficient (Wildman–Crippen LogP) is 4.25. The van der Waals surface area contributed by atoms with Crippen molar-refractivity contribution in [3.05, 3.63) is 0 Å². The first-order valence-corrected chi connectivity index (χ1v) is 6.15. The quantitative estimate of drug-likeness (QED) is 0.566. The Hall–Kier alpha value is 0. The highest BCUT2D eigenvalue weighted by Gasteiger charge is 2.47. The van der Waals surface area contributed by atoms with Gasteiger partial charge in [-0.3, -0.25) is 0 Å². The molecule has 0 heteroatoms. The van der Waals surface area contributed by atoms with Gasteiger partial charge in [-0.25, -0.2) is 0 Å². The van der Waals surface area contributed by atoms with Crippen molar-refractivity contribution >= 4 is 0 Å². The SMILES string of the molecule is CC(C)C1(C)C2CCCC1CCC2. The summed E-state index contributed by atoms with van der Waals surface area (Å²) in [5.41, 5.74) is 0.691. The summed E-state index contributed by atoms with van der Waals surface area (Å²) in [7, 11) is 0. The summed E-state index contributed by atoms with van der Waals surface area (Å²) in [5.74, 6) is 3.00. The molecule has 0 unspecified atom stereocenters. The molecule has 2 fully saturated rings. The van der Waals surface area contributed by atoms with Gasteiger partial charge in [-0.05, 0) is 48.9 Å². The molecule has 0 aromatic rings. The van der Waals surface area contributed by atoms with Crippen molar-refractivity contribution in [2.24, 2.45) is 23.2 Å². The monoisotopic (exact) mass is 180 g/mol. The fourth-order valence-electron chi connectivity index (χ4n) is 4.03. The summed E-state index contributed by atoms with van der Waals surface area (Å²) < 4.78 is 0. The summed E-state index contributed by atoms with van der Waals surface area (Å²) in [4.78, 5) is 0. The van der Waals surface area contributed by atoms with Gasteiger partial charge in [0.25, 0.3) is 0 Å². The van der Waals surface area contributed by atoms with Crippen LogP contribution < -0.4 is 0 Å². The Morgan fingerprint density at radius 2 is 1.31 bits per heavy atom. The maximum Gasteiger partial charge on any atom is -0.0246 e. The van der Waals surface area contributed by atoms with E-state index in [0.29, 0.717) is 5.41 Å². The topological polar surface area (TPSA) is 0 Å². The third-order valence-electron chi connectivity index (χ3n) is 5.21. The molecule has 2 bridgehead atoms. The standard InChI is InChI=1S/C13H24/c1-10(2)13(3)11-6-4-7-12(13)9-5-8-11/h10-12H,4-9H2,1-3H3. The molecule has 0 saturated heterocycles. The van der Waals surface area contributed by atoms with Crippen LogP contribution in [0.1, 0.15) is 59.3 Å². The van der Waals surface area contributed by atoms with Crippen molar-refractivity contribution in [2.45, 2.75) is 59.3 Å². The Morgan fingerprint density at radius 1 is 0.923 bits per heavy atom. The van der Waals surface area contributed by atoms with Crippen molar-refractivity contribution in [3.8, 4) is 0 Å². The fraction of sp³-hybridized carbons (Fsp3) is 1.00. The lowest BCUT2D eigenvalue weighted by Crippen LogP contribution is -2.45. The van der Waals surface area contributed by atoms with E-state index in [4.69, 9.17) is 0 Å². The Morgan fingerprint density at radius 3 is 1.54 bits per heavy atom. The number of hydrogen-bond donors (Lipinski definition) is 0. The van der Waals surface area contributed by atoms with E-state index in [0.717, 1.165) is 17.8 Å². The molecule has 0 spiro atoms. The highest BCUT2D eigenvalue weighted by Crippen LogP contribution is 2.56. The van der Waals surface area contributed by atoms with Gasteiger partial charge in [0.1, 0.15) is 0 Å². The van der Waals surface area contributed by atoms with E-state index < -0.39 is 0 Å². The minimum absolute atomic E-state index is 0.691. The number of fused-ring (bicyclic) bond motifs is 2. The normalized spacial score (nSPS) is 45.2. The second-order valence-electron chi connectivity index (χ2n) is 5.78. The molecule has 0 atom stereocenters. The highest BCUT2D eigenvalue weighted by atomic mass is 14.5. The van der Waals surface area contributed by atoms with E-state index in [9.17, 15) is 0 Å². The van der Waals surface area contributed by atoms with Crippen molar-refractivity contribution in [3.63, 3.8) is 0 Å². The van der Waals surface area contributed by atoms with Crippen molar-refractivity contribution in [1.82, 2.24) is 0 Å². The highest BCUT2D eigenvalue weighted by molar-refractivity contribution is 4.97. The molecule has 13 heavy (non-hydrogen) atoms. The summed E-state index contributed by atoms with van der Waals surface area (Å²) in [5, 5.41) is 0. The van der Waals surface area contributed by atoms with Crippen molar-refractivity contribution in [2.75, 3.05) is 0 Å². The third-order valence-corrected chi connectivity index (χ3v) is 5.21. The zero-order chi connectivity index (χ0) is 9.47. The smallest absolute Gasteiger partial charge is 0.0246 e. The Labute approximate surface area is 83.1 Å². The second kappa shape index (κ2) is 3.29. The minimum atomic E-state index is 0.691. The predicted molar refractivity (Wildman–Crippen MR) is 57.6 cm³/mol. The largest absolute Gasteiger partial charge is 0.0622 e. The van der Waals surface area contributed by atoms with Crippen LogP contribution in [0.25, 0.3) is 0 Å². The van der Waals surface area contributed by atoms with Crippen LogP contribution in [0.5, 0.6) is 0 Å². The van der Waals surface area contributed by atoms with E-state index in [1.165, 1.54) is 38.5 Å². The van der Waals surface area contributed by atoms with Gasteiger partial charge in [-0.2, -0.15) is 0 Å². The summed E-state index contributed by atoms with van der Waals surface area (Å²) in [6.07, 6.45) is 9.10. The Kier molecular flexibility index (Phi) is 2.42. The van der Waals surface area contributed by atoms with Gasteiger partial charge >= 0.3 is 0 Å². The van der Waals surface area contributed by atoms with Crippen LogP contribution in [0.2, 0.25) is 0 Å². The minimum Gasteiger partial charge on any atom is -0.0622 e. The molecule has 2 saturated carbocycles. The molecule has 0 nitrogen and oxygen atoms in total. The first-order chi connectivity index (χ1) is 6.15. The van der Waals surface area contributed by atoms with E-state index in [1.807, 2.05) is 0 Å². The molecule has 2 aliphatic rings. The zero-order valence-electron chi connectivity index (χ0n) is 9.47. The molecule has 2 aliphatic carbocycles. The first kappa shape index (κ1) is 9.55. The third kappa shape index (κ3) is 1.33. The second-order valence-corrected chi connectivity index (χ2v) is 5.78. The molecular weight excluding hydrogens is 156 g/mol. The molecule has 76 valence electrons. The molecule has 2 rings (SSSR count). The van der Waals surface area contributed by atoms with E-state index >= 15 is 0 Å². The molecule has 0 aromatic carbocycles.